The first-order valence-electron chi connectivity index (χ1n) is 10.4. The first-order chi connectivity index (χ1) is 15.6. The van der Waals surface area contributed by atoms with Gasteiger partial charge in [0.05, 0.1) is 10.5 Å². The minimum absolute atomic E-state index is 0.0113. The van der Waals surface area contributed by atoms with Crippen LogP contribution in [0.2, 0.25) is 0 Å². The predicted molar refractivity (Wildman–Crippen MR) is 121 cm³/mol. The number of para-hydroxylation sites is 1. The maximum atomic E-state index is 13.9. The average Bonchev–Trinajstić information content (AvgIpc) is 2.62. The van der Waals surface area contributed by atoms with Crippen LogP contribution in [-0.4, -0.2) is 33.3 Å². The molecule has 0 radical (unpaired) electrons. The Labute approximate surface area is 196 Å². The number of imide groups is 1. The van der Waals surface area contributed by atoms with E-state index >= 15 is 0 Å². The zero-order valence-electron chi connectivity index (χ0n) is 20.2. The van der Waals surface area contributed by atoms with E-state index in [4.69, 9.17) is 14.2 Å². The molecular formula is C23H28FN3O7. The van der Waals surface area contributed by atoms with Crippen molar-refractivity contribution in [2.24, 2.45) is 0 Å². The third-order valence-corrected chi connectivity index (χ3v) is 3.94. The van der Waals surface area contributed by atoms with Crippen LogP contribution in [0.3, 0.4) is 0 Å². The van der Waals surface area contributed by atoms with Crippen molar-refractivity contribution >= 4 is 23.7 Å². The summed E-state index contributed by atoms with van der Waals surface area (Å²) in [7, 11) is 0. The minimum atomic E-state index is -1.01. The predicted octanol–water partition coefficient (Wildman–Crippen LogP) is 5.69. The fraction of sp³-hybridized carbons (Fsp3) is 0.435. The highest BCUT2D eigenvalue weighted by molar-refractivity contribution is 6.08. The van der Waals surface area contributed by atoms with Crippen molar-refractivity contribution in [3.8, 4) is 5.75 Å². The summed E-state index contributed by atoms with van der Waals surface area (Å²) < 4.78 is 30.2. The lowest BCUT2D eigenvalue weighted by atomic mass is 10.2. The summed E-state index contributed by atoms with van der Waals surface area (Å²) in [6.45, 7) is 11.1. The lowest BCUT2D eigenvalue weighted by Crippen LogP contribution is -2.44. The van der Waals surface area contributed by atoms with E-state index in [1.807, 2.05) is 0 Å². The molecule has 1 aromatic heterocycles. The third kappa shape index (κ3) is 7.39. The van der Waals surface area contributed by atoms with Crippen LogP contribution in [0.15, 0.2) is 30.3 Å². The summed E-state index contributed by atoms with van der Waals surface area (Å²) >= 11 is 0. The number of aryl methyl sites for hydroxylation is 1. The largest absolute Gasteiger partial charge is 0.488 e. The number of hydrogen-bond acceptors (Lipinski definition) is 8. The van der Waals surface area contributed by atoms with Crippen molar-refractivity contribution in [1.29, 1.82) is 0 Å². The number of halogens is 1. The Bertz CT molecular complexity index is 1060. The highest BCUT2D eigenvalue weighted by atomic mass is 19.1. The SMILES string of the molecule is Cc1cc(OCc2cccc(F)c2[N+](=O)[O-])cc(N(C(=O)OC(C)(C)C)C(=O)OC(C)(C)C)n1. The first kappa shape index (κ1) is 26.5. The zero-order valence-corrected chi connectivity index (χ0v) is 20.2. The zero-order chi connectivity index (χ0) is 25.8. The second-order valence-corrected chi connectivity index (χ2v) is 9.39. The fourth-order valence-electron chi connectivity index (χ4n) is 2.74. The highest BCUT2D eigenvalue weighted by Crippen LogP contribution is 2.27. The molecule has 0 spiro atoms. The number of amides is 2. The molecule has 0 N–H and O–H groups in total. The number of ether oxygens (including phenoxy) is 3. The van der Waals surface area contributed by atoms with E-state index in [-0.39, 0.29) is 23.7 Å². The van der Waals surface area contributed by atoms with Gasteiger partial charge in [0.2, 0.25) is 5.82 Å². The standard InChI is InChI=1S/C23H28FN3O7/c1-14-11-16(32-13-15-9-8-10-17(24)19(15)27(30)31)12-18(25-14)26(20(28)33-22(2,3)4)21(29)34-23(5,6)7/h8-12H,13H2,1-7H3. The van der Waals surface area contributed by atoms with Crippen molar-refractivity contribution in [2.75, 3.05) is 4.90 Å². The average molecular weight is 477 g/mol. The van der Waals surface area contributed by atoms with Gasteiger partial charge in [0, 0.05) is 17.8 Å². The number of aromatic nitrogens is 1. The van der Waals surface area contributed by atoms with E-state index in [2.05, 4.69) is 4.98 Å². The molecule has 1 aromatic carbocycles. The number of anilines is 1. The van der Waals surface area contributed by atoms with Gasteiger partial charge in [-0.3, -0.25) is 10.1 Å². The first-order valence-corrected chi connectivity index (χ1v) is 10.4. The van der Waals surface area contributed by atoms with Crippen LogP contribution >= 0.6 is 0 Å². The number of carbonyl (C=O) groups excluding carboxylic acids is 2. The Balaban J connectivity index is 2.42. The van der Waals surface area contributed by atoms with Crippen LogP contribution in [0.1, 0.15) is 52.8 Å². The maximum Gasteiger partial charge on any atom is 0.425 e. The summed E-state index contributed by atoms with van der Waals surface area (Å²) in [6, 6.07) is 6.46. The van der Waals surface area contributed by atoms with Crippen LogP contribution < -0.4 is 9.64 Å². The topological polar surface area (TPSA) is 121 Å². The van der Waals surface area contributed by atoms with E-state index in [0.29, 0.717) is 10.6 Å². The van der Waals surface area contributed by atoms with Gasteiger partial charge in [-0.2, -0.15) is 9.29 Å². The number of hydrogen-bond donors (Lipinski definition) is 0. The van der Waals surface area contributed by atoms with Gasteiger partial charge in [-0.15, -0.1) is 0 Å². The molecule has 0 saturated heterocycles. The summed E-state index contributed by atoms with van der Waals surface area (Å²) in [5.41, 5.74) is -2.12. The number of nitro benzene ring substituents is 1. The van der Waals surface area contributed by atoms with Crippen LogP contribution in [0.5, 0.6) is 5.75 Å². The number of nitrogens with zero attached hydrogens (tertiary/aromatic N) is 3. The molecule has 0 atom stereocenters. The molecule has 0 unspecified atom stereocenters. The molecule has 0 fully saturated rings. The number of pyridine rings is 1. The highest BCUT2D eigenvalue weighted by Gasteiger charge is 2.34. The van der Waals surface area contributed by atoms with Crippen molar-refractivity contribution in [3.63, 3.8) is 0 Å². The number of benzene rings is 1. The molecular weight excluding hydrogens is 449 g/mol. The normalized spacial score (nSPS) is 11.5. The maximum absolute atomic E-state index is 13.9. The number of carbonyl (C=O) groups is 2. The number of nitro groups is 1. The van der Waals surface area contributed by atoms with E-state index in [1.165, 1.54) is 24.3 Å². The molecule has 10 nitrogen and oxygen atoms in total. The molecule has 34 heavy (non-hydrogen) atoms. The molecule has 0 aliphatic carbocycles. The van der Waals surface area contributed by atoms with E-state index in [1.54, 1.807) is 48.5 Å². The van der Waals surface area contributed by atoms with Crippen LogP contribution in [-0.2, 0) is 16.1 Å². The van der Waals surface area contributed by atoms with Crippen LogP contribution in [0.25, 0.3) is 0 Å². The summed E-state index contributed by atoms with van der Waals surface area (Å²) in [4.78, 5) is 41.0. The van der Waals surface area contributed by atoms with Crippen molar-refractivity contribution in [1.82, 2.24) is 4.98 Å². The van der Waals surface area contributed by atoms with Crippen molar-refractivity contribution in [2.45, 2.75) is 66.3 Å². The van der Waals surface area contributed by atoms with E-state index in [0.717, 1.165) is 6.07 Å². The Morgan fingerprint density at radius 3 is 2.12 bits per heavy atom. The van der Waals surface area contributed by atoms with Gasteiger partial charge in [-0.05, 0) is 60.6 Å². The molecule has 2 aromatic rings. The lowest BCUT2D eigenvalue weighted by molar-refractivity contribution is -0.388. The van der Waals surface area contributed by atoms with Gasteiger partial charge < -0.3 is 14.2 Å². The summed E-state index contributed by atoms with van der Waals surface area (Å²) in [6.07, 6.45) is -2.02. The Morgan fingerprint density at radius 1 is 1.06 bits per heavy atom. The van der Waals surface area contributed by atoms with E-state index < -0.39 is 39.8 Å². The molecule has 184 valence electrons. The molecule has 0 bridgehead atoms. The lowest BCUT2D eigenvalue weighted by Gasteiger charge is -2.28. The van der Waals surface area contributed by atoms with E-state index in [9.17, 15) is 24.1 Å². The minimum Gasteiger partial charge on any atom is -0.488 e. The monoisotopic (exact) mass is 477 g/mol. The summed E-state index contributed by atoms with van der Waals surface area (Å²) in [5, 5.41) is 11.2. The fourth-order valence-corrected chi connectivity index (χ4v) is 2.74. The van der Waals surface area contributed by atoms with Crippen LogP contribution in [0, 0.1) is 22.9 Å². The molecule has 0 aliphatic heterocycles. The Kier molecular flexibility index (Phi) is 7.81. The Morgan fingerprint density at radius 2 is 1.62 bits per heavy atom. The third-order valence-electron chi connectivity index (χ3n) is 3.94. The molecule has 2 amide bonds. The quantitative estimate of drug-likeness (QED) is 0.397. The van der Waals surface area contributed by atoms with Gasteiger partial charge >= 0.3 is 17.9 Å². The second kappa shape index (κ2) is 10.0. The summed E-state index contributed by atoms with van der Waals surface area (Å²) in [5.74, 6) is -0.982. The van der Waals surface area contributed by atoms with Crippen LogP contribution in [0.4, 0.5) is 25.5 Å². The molecule has 11 heteroatoms. The molecule has 1 heterocycles. The second-order valence-electron chi connectivity index (χ2n) is 9.39. The smallest absolute Gasteiger partial charge is 0.425 e. The van der Waals surface area contributed by atoms with Gasteiger partial charge in [0.25, 0.3) is 0 Å². The van der Waals surface area contributed by atoms with Gasteiger partial charge in [0.1, 0.15) is 23.6 Å². The van der Waals surface area contributed by atoms with Gasteiger partial charge in [-0.1, -0.05) is 6.07 Å². The molecule has 0 saturated carbocycles. The molecule has 2 rings (SSSR count). The van der Waals surface area contributed by atoms with Crippen molar-refractivity contribution in [3.05, 3.63) is 57.5 Å². The Hall–Kier alpha value is -3.76. The van der Waals surface area contributed by atoms with Gasteiger partial charge in [0.15, 0.2) is 5.82 Å². The molecule has 0 aliphatic rings. The number of rotatable bonds is 5. The van der Waals surface area contributed by atoms with Crippen molar-refractivity contribution < 1.29 is 33.1 Å². The van der Waals surface area contributed by atoms with Gasteiger partial charge in [-0.25, -0.2) is 14.6 Å².